The van der Waals surface area contributed by atoms with Gasteiger partial charge < -0.3 is 10.6 Å². The zero-order chi connectivity index (χ0) is 18.9. The van der Waals surface area contributed by atoms with E-state index in [4.69, 9.17) is 0 Å². The summed E-state index contributed by atoms with van der Waals surface area (Å²) in [5.41, 5.74) is 3.64. The number of carbonyl (C=O) groups is 2. The summed E-state index contributed by atoms with van der Waals surface area (Å²) in [6.45, 7) is 0.292. The minimum atomic E-state index is -0.173. The number of carbonyl (C=O) groups excluding carboxylic acids is 2. The molecule has 0 spiro atoms. The van der Waals surface area contributed by atoms with E-state index in [9.17, 15) is 9.59 Å². The van der Waals surface area contributed by atoms with E-state index in [1.807, 2.05) is 60.7 Å². The summed E-state index contributed by atoms with van der Waals surface area (Å²) in [6, 6.07) is 26.9. The second kappa shape index (κ2) is 9.34. The molecule has 3 rings (SSSR count). The quantitative estimate of drug-likeness (QED) is 0.670. The van der Waals surface area contributed by atoms with Crippen LogP contribution in [0, 0.1) is 0 Å². The van der Waals surface area contributed by atoms with E-state index in [1.54, 1.807) is 12.1 Å². The third-order valence-corrected chi connectivity index (χ3v) is 4.20. The Kier molecular flexibility index (Phi) is 6.36. The van der Waals surface area contributed by atoms with Crippen LogP contribution in [-0.2, 0) is 11.2 Å². The molecule has 27 heavy (non-hydrogen) atoms. The Morgan fingerprint density at radius 3 is 2.11 bits per heavy atom. The zero-order valence-corrected chi connectivity index (χ0v) is 15.0. The number of benzene rings is 3. The first kappa shape index (κ1) is 18.4. The highest BCUT2D eigenvalue weighted by Crippen LogP contribution is 2.19. The molecule has 0 aliphatic heterocycles. The second-order valence-electron chi connectivity index (χ2n) is 6.24. The van der Waals surface area contributed by atoms with E-state index < -0.39 is 0 Å². The lowest BCUT2D eigenvalue weighted by atomic mass is 10.0. The van der Waals surface area contributed by atoms with Crippen LogP contribution in [0.5, 0.6) is 0 Å². The highest BCUT2D eigenvalue weighted by atomic mass is 16.2. The van der Waals surface area contributed by atoms with Gasteiger partial charge in [-0.25, -0.2) is 0 Å². The molecule has 4 heteroatoms. The Morgan fingerprint density at radius 2 is 1.37 bits per heavy atom. The average Bonchev–Trinajstić information content (AvgIpc) is 2.71. The van der Waals surface area contributed by atoms with Gasteiger partial charge in [-0.2, -0.15) is 0 Å². The molecule has 0 aromatic heterocycles. The van der Waals surface area contributed by atoms with Gasteiger partial charge in [-0.3, -0.25) is 9.59 Å². The van der Waals surface area contributed by atoms with Gasteiger partial charge in [0.1, 0.15) is 0 Å². The molecule has 0 heterocycles. The molecular weight excluding hydrogens is 336 g/mol. The number of nitrogens with one attached hydrogen (secondary N) is 2. The lowest BCUT2D eigenvalue weighted by Gasteiger charge is -2.11. The number of hydrogen-bond acceptors (Lipinski definition) is 2. The minimum absolute atomic E-state index is 0.121. The molecule has 0 aliphatic carbocycles. The third-order valence-electron chi connectivity index (χ3n) is 4.20. The molecule has 0 fully saturated rings. The largest absolute Gasteiger partial charge is 0.352 e. The van der Waals surface area contributed by atoms with Crippen molar-refractivity contribution < 1.29 is 9.59 Å². The molecular formula is C23H22N2O2. The summed E-state index contributed by atoms with van der Waals surface area (Å²) in [7, 11) is 0. The molecule has 3 aromatic carbocycles. The Labute approximate surface area is 159 Å². The van der Waals surface area contributed by atoms with Crippen molar-refractivity contribution >= 4 is 17.5 Å². The normalized spacial score (nSPS) is 10.2. The van der Waals surface area contributed by atoms with Crippen LogP contribution in [0.3, 0.4) is 0 Å². The van der Waals surface area contributed by atoms with E-state index in [2.05, 4.69) is 22.8 Å². The molecule has 0 bridgehead atoms. The predicted molar refractivity (Wildman–Crippen MR) is 108 cm³/mol. The van der Waals surface area contributed by atoms with Crippen LogP contribution in [0.15, 0.2) is 84.9 Å². The van der Waals surface area contributed by atoms with Gasteiger partial charge in [0.15, 0.2) is 0 Å². The van der Waals surface area contributed by atoms with Crippen molar-refractivity contribution in [3.05, 3.63) is 102 Å². The first-order valence-corrected chi connectivity index (χ1v) is 8.97. The number of anilines is 1. The molecule has 0 aliphatic rings. The van der Waals surface area contributed by atoms with Crippen LogP contribution < -0.4 is 10.6 Å². The van der Waals surface area contributed by atoms with Crippen LogP contribution in [0.25, 0.3) is 0 Å². The van der Waals surface area contributed by atoms with Crippen molar-refractivity contribution in [2.24, 2.45) is 0 Å². The van der Waals surface area contributed by atoms with Gasteiger partial charge >= 0.3 is 0 Å². The molecule has 2 N–H and O–H groups in total. The van der Waals surface area contributed by atoms with Crippen molar-refractivity contribution in [1.82, 2.24) is 5.32 Å². The predicted octanol–water partition coefficient (Wildman–Crippen LogP) is 4.04. The summed E-state index contributed by atoms with van der Waals surface area (Å²) >= 11 is 0. The molecule has 0 saturated carbocycles. The number of para-hydroxylation sites is 1. The molecule has 3 aromatic rings. The minimum Gasteiger partial charge on any atom is -0.352 e. The number of amides is 2. The van der Waals surface area contributed by atoms with Gasteiger partial charge in [0.2, 0.25) is 5.91 Å². The Morgan fingerprint density at radius 1 is 0.741 bits per heavy atom. The van der Waals surface area contributed by atoms with Crippen molar-refractivity contribution in [2.75, 3.05) is 11.9 Å². The summed E-state index contributed by atoms with van der Waals surface area (Å²) in [5, 5.41) is 5.72. The summed E-state index contributed by atoms with van der Waals surface area (Å²) in [4.78, 5) is 24.3. The smallest absolute Gasteiger partial charge is 0.251 e. The maximum absolute atomic E-state index is 12.3. The van der Waals surface area contributed by atoms with Crippen LogP contribution >= 0.6 is 0 Å². The van der Waals surface area contributed by atoms with Gasteiger partial charge in [0, 0.05) is 24.2 Å². The van der Waals surface area contributed by atoms with E-state index in [0.29, 0.717) is 12.1 Å². The second-order valence-corrected chi connectivity index (χ2v) is 6.24. The fraction of sp³-hybridized carbons (Fsp3) is 0.130. The van der Waals surface area contributed by atoms with Crippen LogP contribution in [-0.4, -0.2) is 18.4 Å². The average molecular weight is 358 g/mol. The van der Waals surface area contributed by atoms with E-state index >= 15 is 0 Å². The first-order valence-electron chi connectivity index (χ1n) is 8.97. The maximum atomic E-state index is 12.3. The van der Waals surface area contributed by atoms with Crippen LogP contribution in [0.2, 0.25) is 0 Å². The van der Waals surface area contributed by atoms with Gasteiger partial charge in [-0.1, -0.05) is 66.7 Å². The van der Waals surface area contributed by atoms with Gasteiger partial charge in [-0.05, 0) is 35.7 Å². The fourth-order valence-electron chi connectivity index (χ4n) is 2.81. The molecule has 2 amide bonds. The van der Waals surface area contributed by atoms with Gasteiger partial charge in [0.05, 0.1) is 0 Å². The Hall–Kier alpha value is -3.40. The first-order chi connectivity index (χ1) is 13.2. The molecule has 4 nitrogen and oxygen atoms in total. The lowest BCUT2D eigenvalue weighted by molar-refractivity contribution is -0.116. The topological polar surface area (TPSA) is 58.2 Å². The standard InChI is InChI=1S/C23H22N2O2/c26-22(15-16-24-23(27)19-11-5-2-6-12-19)25-21-14-8-7-13-20(21)17-18-9-3-1-4-10-18/h1-14H,15-17H2,(H,24,27)(H,25,26). The Bertz CT molecular complexity index is 893. The molecule has 0 unspecified atom stereocenters. The third kappa shape index (κ3) is 5.54. The van der Waals surface area contributed by atoms with Crippen molar-refractivity contribution in [1.29, 1.82) is 0 Å². The maximum Gasteiger partial charge on any atom is 0.251 e. The summed E-state index contributed by atoms with van der Waals surface area (Å²) < 4.78 is 0. The highest BCUT2D eigenvalue weighted by molar-refractivity contribution is 5.95. The monoisotopic (exact) mass is 358 g/mol. The van der Waals surface area contributed by atoms with Crippen molar-refractivity contribution in [3.63, 3.8) is 0 Å². The molecule has 0 saturated heterocycles. The number of hydrogen-bond donors (Lipinski definition) is 2. The fourth-order valence-corrected chi connectivity index (χ4v) is 2.81. The zero-order valence-electron chi connectivity index (χ0n) is 15.0. The number of rotatable bonds is 7. The molecule has 0 atom stereocenters. The van der Waals surface area contributed by atoms with E-state index in [1.165, 1.54) is 5.56 Å². The SMILES string of the molecule is O=C(CCNC(=O)c1ccccc1)Nc1ccccc1Cc1ccccc1. The summed E-state index contributed by atoms with van der Waals surface area (Å²) in [5.74, 6) is -0.295. The van der Waals surface area contributed by atoms with Gasteiger partial charge in [-0.15, -0.1) is 0 Å². The van der Waals surface area contributed by atoms with E-state index in [0.717, 1.165) is 17.7 Å². The molecule has 136 valence electrons. The lowest BCUT2D eigenvalue weighted by Crippen LogP contribution is -2.27. The Balaban J connectivity index is 1.53. The molecule has 0 radical (unpaired) electrons. The van der Waals surface area contributed by atoms with E-state index in [-0.39, 0.29) is 18.2 Å². The van der Waals surface area contributed by atoms with Crippen LogP contribution in [0.1, 0.15) is 27.9 Å². The van der Waals surface area contributed by atoms with Crippen LogP contribution in [0.4, 0.5) is 5.69 Å². The van der Waals surface area contributed by atoms with Crippen molar-refractivity contribution in [2.45, 2.75) is 12.8 Å². The van der Waals surface area contributed by atoms with Gasteiger partial charge in [0.25, 0.3) is 5.91 Å². The van der Waals surface area contributed by atoms with Crippen molar-refractivity contribution in [3.8, 4) is 0 Å². The highest BCUT2D eigenvalue weighted by Gasteiger charge is 2.09. The summed E-state index contributed by atoms with van der Waals surface area (Å²) in [6.07, 6.45) is 0.973.